The number of aliphatic hydroxyl groups excluding tert-OH is 2. The van der Waals surface area contributed by atoms with E-state index < -0.39 is 48.5 Å². The number of hydrogen-bond donors (Lipinski definition) is 4. The largest absolute Gasteiger partial charge is 0.416 e. The molecule has 6 atom stereocenters. The fourth-order valence-corrected chi connectivity index (χ4v) is 5.19. The Hall–Kier alpha value is -2.48. The molecule has 3 aliphatic rings. The summed E-state index contributed by atoms with van der Waals surface area (Å²) in [5, 5.41) is 35.5. The number of aliphatic hydroxyl groups is 2. The van der Waals surface area contributed by atoms with Gasteiger partial charge in [0, 0.05) is 17.9 Å². The minimum absolute atomic E-state index is 0.0112. The minimum atomic E-state index is -4.55. The summed E-state index contributed by atoms with van der Waals surface area (Å²) in [6.45, 7) is -1.80. The third kappa shape index (κ3) is 9.50. The van der Waals surface area contributed by atoms with Gasteiger partial charge in [0.05, 0.1) is 37.5 Å². The Bertz CT molecular complexity index is 1120. The molecular weight excluding hydrogens is 587 g/mol. The third-order valence-corrected chi connectivity index (χ3v) is 7.15. The maximum atomic E-state index is 13.5. The van der Waals surface area contributed by atoms with Crippen molar-refractivity contribution in [2.75, 3.05) is 33.0 Å². The highest BCUT2D eigenvalue weighted by Gasteiger charge is 2.42. The van der Waals surface area contributed by atoms with Gasteiger partial charge in [0.15, 0.2) is 6.29 Å². The molecule has 0 radical (unpaired) electrons. The smallest absolute Gasteiger partial charge is 0.368 e. The van der Waals surface area contributed by atoms with E-state index in [1.165, 1.54) is 18.2 Å². The highest BCUT2D eigenvalue weighted by molar-refractivity contribution is 5.99. The molecule has 13 nitrogen and oxygen atoms in total. The van der Waals surface area contributed by atoms with Crippen molar-refractivity contribution < 1.29 is 72.4 Å². The van der Waals surface area contributed by atoms with Crippen molar-refractivity contribution in [2.24, 2.45) is 11.8 Å². The zero-order chi connectivity index (χ0) is 30.8. The molecule has 240 valence electrons. The highest BCUT2D eigenvalue weighted by atomic mass is 19.4. The number of hydrogen-bond acceptors (Lipinski definition) is 12. The first-order valence-corrected chi connectivity index (χ1v) is 13.6. The van der Waals surface area contributed by atoms with Gasteiger partial charge >= 0.3 is 12.7 Å². The number of amides is 1. The van der Waals surface area contributed by atoms with Crippen LogP contribution in [0.1, 0.15) is 42.9 Å². The van der Waals surface area contributed by atoms with Crippen LogP contribution in [-0.2, 0) is 49.9 Å². The number of fused-ring (bicyclic) bond motifs is 1. The lowest BCUT2D eigenvalue weighted by Crippen LogP contribution is -2.38. The van der Waals surface area contributed by atoms with Crippen LogP contribution in [0.2, 0.25) is 0 Å². The van der Waals surface area contributed by atoms with Crippen molar-refractivity contribution >= 4 is 5.91 Å². The number of allylic oxidation sites excluding steroid dienone is 2. The van der Waals surface area contributed by atoms with Gasteiger partial charge in [0.2, 0.25) is 0 Å². The van der Waals surface area contributed by atoms with Crippen molar-refractivity contribution in [1.29, 1.82) is 0 Å². The Labute approximate surface area is 244 Å². The molecule has 0 bridgehead atoms. The van der Waals surface area contributed by atoms with Crippen LogP contribution < -0.4 is 5.32 Å². The highest BCUT2D eigenvalue weighted by Crippen LogP contribution is 2.43. The van der Waals surface area contributed by atoms with E-state index in [1.807, 2.05) is 6.08 Å². The van der Waals surface area contributed by atoms with Crippen LogP contribution in [-0.4, -0.2) is 73.3 Å². The van der Waals surface area contributed by atoms with Gasteiger partial charge in [-0.3, -0.25) is 10.1 Å². The predicted molar refractivity (Wildman–Crippen MR) is 135 cm³/mol. The van der Waals surface area contributed by atoms with Gasteiger partial charge in [0.1, 0.15) is 13.2 Å². The lowest BCUT2D eigenvalue weighted by atomic mass is 9.77. The zero-order valence-electron chi connectivity index (χ0n) is 22.9. The molecule has 2 aliphatic heterocycles. The molecule has 0 spiro atoms. The second-order valence-electron chi connectivity index (χ2n) is 10.0. The number of nitrogens with one attached hydrogen (secondary N) is 1. The van der Waals surface area contributed by atoms with E-state index in [-0.39, 0.29) is 50.9 Å². The lowest BCUT2D eigenvalue weighted by molar-refractivity contribution is -0.574. The Morgan fingerprint density at radius 1 is 1.09 bits per heavy atom. The van der Waals surface area contributed by atoms with E-state index in [0.717, 1.165) is 6.07 Å². The summed E-state index contributed by atoms with van der Waals surface area (Å²) in [5.41, 5.74) is 0.259. The zero-order valence-corrected chi connectivity index (χ0v) is 22.9. The third-order valence-electron chi connectivity index (χ3n) is 7.15. The first-order chi connectivity index (χ1) is 20.7. The maximum absolute atomic E-state index is 13.5. The van der Waals surface area contributed by atoms with Crippen molar-refractivity contribution in [2.45, 2.75) is 56.8 Å². The summed E-state index contributed by atoms with van der Waals surface area (Å²) >= 11 is 0. The lowest BCUT2D eigenvalue weighted by Gasteiger charge is -2.33. The number of alkyl halides is 3. The molecular formula is C27H34F3NO12. The monoisotopic (exact) mass is 621 g/mol. The molecule has 43 heavy (non-hydrogen) atoms. The van der Waals surface area contributed by atoms with E-state index in [4.69, 9.17) is 24.5 Å². The van der Waals surface area contributed by atoms with E-state index >= 15 is 0 Å². The quantitative estimate of drug-likeness (QED) is 0.0925. The first-order valence-electron chi connectivity index (χ1n) is 13.6. The number of carbonyl (C=O) groups is 1. The van der Waals surface area contributed by atoms with Gasteiger partial charge in [0.25, 0.3) is 5.91 Å². The molecule has 1 amide bonds. The van der Waals surface area contributed by atoms with Gasteiger partial charge in [-0.05, 0) is 42.4 Å². The molecule has 6 unspecified atom stereocenters. The van der Waals surface area contributed by atoms with Crippen LogP contribution in [0, 0.1) is 11.8 Å². The molecule has 0 aromatic heterocycles. The number of ether oxygens (including phenoxy) is 2. The second-order valence-corrected chi connectivity index (χ2v) is 10.0. The molecule has 16 heteroatoms. The Morgan fingerprint density at radius 2 is 1.86 bits per heavy atom. The fourth-order valence-electron chi connectivity index (χ4n) is 5.19. The van der Waals surface area contributed by atoms with Crippen molar-refractivity contribution in [3.63, 3.8) is 0 Å². The number of benzene rings is 1. The van der Waals surface area contributed by atoms with Crippen molar-refractivity contribution in [3.05, 3.63) is 58.7 Å². The average Bonchev–Trinajstić information content (AvgIpc) is 3.36. The number of halogens is 3. The fraction of sp³-hybridized carbons (Fsp3) is 0.593. The Kier molecular flexibility index (Phi) is 12.4. The van der Waals surface area contributed by atoms with Gasteiger partial charge < -0.3 is 25.0 Å². The molecule has 2 fully saturated rings. The van der Waals surface area contributed by atoms with E-state index in [2.05, 4.69) is 25.0 Å². The molecule has 4 rings (SSSR count). The van der Waals surface area contributed by atoms with E-state index in [1.54, 1.807) is 6.08 Å². The molecule has 4 N–H and O–H groups in total. The molecule has 1 aromatic rings. The van der Waals surface area contributed by atoms with Gasteiger partial charge in [-0.15, -0.1) is 4.89 Å². The van der Waals surface area contributed by atoms with E-state index in [0.29, 0.717) is 30.4 Å². The topological polar surface area (TPSA) is 164 Å². The molecule has 2 saturated heterocycles. The van der Waals surface area contributed by atoms with Gasteiger partial charge in [-0.25, -0.2) is 19.6 Å². The summed E-state index contributed by atoms with van der Waals surface area (Å²) in [6.07, 6.45) is -1.32. The van der Waals surface area contributed by atoms with E-state index in [9.17, 15) is 28.2 Å². The van der Waals surface area contributed by atoms with Crippen LogP contribution >= 0.6 is 0 Å². The number of rotatable bonds is 16. The van der Waals surface area contributed by atoms with Crippen LogP contribution in [0.3, 0.4) is 0 Å². The van der Waals surface area contributed by atoms with Crippen LogP contribution in [0.5, 0.6) is 0 Å². The van der Waals surface area contributed by atoms with Crippen LogP contribution in [0.25, 0.3) is 0 Å². The van der Waals surface area contributed by atoms with Crippen molar-refractivity contribution in [1.82, 2.24) is 5.32 Å². The first kappa shape index (κ1) is 33.4. The second kappa shape index (κ2) is 16.0. The van der Waals surface area contributed by atoms with Gasteiger partial charge in [-0.1, -0.05) is 35.4 Å². The molecule has 0 saturated carbocycles. The number of carbonyl (C=O) groups excluding carboxylic acids is 1. The summed E-state index contributed by atoms with van der Waals surface area (Å²) < 4.78 is 51.3. The molecule has 2 heterocycles. The normalized spacial score (nSPS) is 26.5. The van der Waals surface area contributed by atoms with Crippen LogP contribution in [0.15, 0.2) is 47.6 Å². The molecule has 1 aromatic carbocycles. The van der Waals surface area contributed by atoms with Crippen molar-refractivity contribution in [3.8, 4) is 0 Å². The minimum Gasteiger partial charge on any atom is -0.368 e. The predicted octanol–water partition coefficient (Wildman–Crippen LogP) is 2.86. The Balaban J connectivity index is 1.19. The van der Waals surface area contributed by atoms with Gasteiger partial charge in [-0.2, -0.15) is 13.2 Å². The standard InChI is InChI=1S/C27H34F3NO12/c28-27(29,30)22-5-2-1-4-19(22)23-13-17-7-6-16(12-20(17)24(32)31-23)21-14-18(41-25(21)33)15-36-26(34)42-43-40-11-10-39-38-9-3-8-37-35/h1-2,4-5,7,12,16,18,21,23,25-26,33-35H,3,6,8-11,13-15H2,(H,31,32). The maximum Gasteiger partial charge on any atom is 0.416 e. The summed E-state index contributed by atoms with van der Waals surface area (Å²) in [6, 6.07) is 4.38. The average molecular weight is 622 g/mol. The summed E-state index contributed by atoms with van der Waals surface area (Å²) in [4.78, 5) is 35.4. The summed E-state index contributed by atoms with van der Waals surface area (Å²) in [5.74, 6) is -1.14. The Morgan fingerprint density at radius 3 is 2.65 bits per heavy atom. The number of piperidine rings is 1. The SMILES string of the molecule is O=C1NC(c2ccccc2C(F)(F)F)CC2=CCC(C3CC(COC(O)OOOCCOOCCCOO)OC3O)C=C12. The summed E-state index contributed by atoms with van der Waals surface area (Å²) in [7, 11) is 0. The molecule has 1 aliphatic carbocycles. The van der Waals surface area contributed by atoms with Crippen LogP contribution in [0.4, 0.5) is 13.2 Å².